The highest BCUT2D eigenvalue weighted by Crippen LogP contribution is 2.52. The summed E-state index contributed by atoms with van der Waals surface area (Å²) in [6.07, 6.45) is 8.80. The summed E-state index contributed by atoms with van der Waals surface area (Å²) >= 11 is 1.68. The van der Waals surface area contributed by atoms with Gasteiger partial charge < -0.3 is 9.64 Å². The Morgan fingerprint density at radius 1 is 1.26 bits per heavy atom. The van der Waals surface area contributed by atoms with Gasteiger partial charge in [-0.25, -0.2) is 4.79 Å². The monoisotopic (exact) mass is 387 g/mol. The van der Waals surface area contributed by atoms with Crippen LogP contribution in [0.4, 0.5) is 0 Å². The molecule has 2 aliphatic carbocycles. The number of hydrogen-bond donors (Lipinski definition) is 0. The van der Waals surface area contributed by atoms with Crippen LogP contribution >= 0.6 is 11.3 Å². The van der Waals surface area contributed by atoms with Gasteiger partial charge in [-0.15, -0.1) is 11.3 Å². The molecule has 4 rings (SSSR count). The van der Waals surface area contributed by atoms with Crippen LogP contribution in [0.2, 0.25) is 0 Å². The smallest absolute Gasteiger partial charge is 0.348 e. The summed E-state index contributed by atoms with van der Waals surface area (Å²) in [5.41, 5.74) is 4.54. The van der Waals surface area contributed by atoms with E-state index >= 15 is 0 Å². The van der Waals surface area contributed by atoms with E-state index in [0.717, 1.165) is 30.3 Å². The van der Waals surface area contributed by atoms with Gasteiger partial charge >= 0.3 is 5.97 Å². The molecular formula is C23H33NO2S. The molecule has 0 saturated heterocycles. The number of methoxy groups -OCH3 is 1. The molecule has 1 aromatic heterocycles. The molecule has 0 atom stereocenters. The lowest BCUT2D eigenvalue weighted by Gasteiger charge is -2.35. The van der Waals surface area contributed by atoms with E-state index in [1.165, 1.54) is 61.6 Å². The number of carbonyl (C=O) groups excluding carboxylic acids is 1. The van der Waals surface area contributed by atoms with Gasteiger partial charge in [0, 0.05) is 28.9 Å². The van der Waals surface area contributed by atoms with Crippen LogP contribution < -0.4 is 0 Å². The highest BCUT2D eigenvalue weighted by molar-refractivity contribution is 7.14. The Bertz CT molecular complexity index is 750. The molecule has 0 N–H and O–H groups in total. The summed E-state index contributed by atoms with van der Waals surface area (Å²) in [7, 11) is 3.74. The van der Waals surface area contributed by atoms with Crippen molar-refractivity contribution in [3.8, 4) is 0 Å². The largest absolute Gasteiger partial charge is 0.465 e. The van der Waals surface area contributed by atoms with Crippen molar-refractivity contribution in [3.05, 3.63) is 27.0 Å². The maximum absolute atomic E-state index is 12.6. The summed E-state index contributed by atoms with van der Waals surface area (Å²) in [4.78, 5) is 17.2. The molecule has 4 heteroatoms. The highest BCUT2D eigenvalue weighted by atomic mass is 32.1. The minimum Gasteiger partial charge on any atom is -0.465 e. The van der Waals surface area contributed by atoms with Gasteiger partial charge in [0.15, 0.2) is 0 Å². The summed E-state index contributed by atoms with van der Waals surface area (Å²) in [5, 5.41) is 0. The third-order valence-electron chi connectivity index (χ3n) is 7.10. The SMILES string of the molecule is COC(=O)c1sc(C2(C)CC2)cc1C1=C(C2CCC(C)CC2)CN(C)CC1. The first-order valence-electron chi connectivity index (χ1n) is 10.5. The lowest BCUT2D eigenvalue weighted by atomic mass is 9.75. The van der Waals surface area contributed by atoms with Crippen LogP contribution in [0, 0.1) is 11.8 Å². The third-order valence-corrected chi connectivity index (χ3v) is 8.52. The molecule has 3 nitrogen and oxygen atoms in total. The second-order valence-corrected chi connectivity index (χ2v) is 10.4. The zero-order valence-corrected chi connectivity index (χ0v) is 18.1. The predicted molar refractivity (Wildman–Crippen MR) is 112 cm³/mol. The molecule has 0 amide bonds. The Balaban J connectivity index is 1.77. The van der Waals surface area contributed by atoms with E-state index < -0.39 is 0 Å². The minimum absolute atomic E-state index is 0.159. The first-order chi connectivity index (χ1) is 12.9. The van der Waals surface area contributed by atoms with Crippen molar-refractivity contribution in [2.24, 2.45) is 11.8 Å². The number of ether oxygens (including phenoxy) is 1. The molecule has 148 valence electrons. The summed E-state index contributed by atoms with van der Waals surface area (Å²) < 4.78 is 5.17. The van der Waals surface area contributed by atoms with Gasteiger partial charge in [0.25, 0.3) is 0 Å². The molecule has 0 unspecified atom stereocenters. The summed E-state index contributed by atoms with van der Waals surface area (Å²) in [6.45, 7) is 6.84. The Kier molecular flexibility index (Phi) is 5.24. The lowest BCUT2D eigenvalue weighted by Crippen LogP contribution is -2.31. The zero-order valence-electron chi connectivity index (χ0n) is 17.3. The summed E-state index contributed by atoms with van der Waals surface area (Å²) in [6, 6.07) is 2.34. The van der Waals surface area contributed by atoms with Gasteiger partial charge in [0.05, 0.1) is 7.11 Å². The standard InChI is InChI=1S/C23H33NO2S/c1-15-5-7-16(8-6-15)19-14-24(3)12-9-17(19)18-13-20(23(2)10-11-23)27-21(18)22(25)26-4/h13,15-16H,5-12,14H2,1-4H3. The average Bonchev–Trinajstić information content (AvgIpc) is 3.26. The van der Waals surface area contributed by atoms with Crippen LogP contribution in [0.25, 0.3) is 5.57 Å². The second kappa shape index (κ2) is 7.36. The van der Waals surface area contributed by atoms with Gasteiger partial charge in [0.2, 0.25) is 0 Å². The number of hydrogen-bond acceptors (Lipinski definition) is 4. The van der Waals surface area contributed by atoms with E-state index in [0.29, 0.717) is 5.92 Å². The first-order valence-corrected chi connectivity index (χ1v) is 11.4. The topological polar surface area (TPSA) is 29.5 Å². The molecule has 0 aromatic carbocycles. The Labute approximate surface area is 167 Å². The lowest BCUT2D eigenvalue weighted by molar-refractivity contribution is 0.0606. The van der Waals surface area contributed by atoms with Crippen molar-refractivity contribution in [1.29, 1.82) is 0 Å². The van der Waals surface area contributed by atoms with Crippen molar-refractivity contribution >= 4 is 22.9 Å². The van der Waals surface area contributed by atoms with E-state index in [-0.39, 0.29) is 11.4 Å². The van der Waals surface area contributed by atoms with Gasteiger partial charge in [-0.3, -0.25) is 0 Å². The molecule has 1 aliphatic heterocycles. The van der Waals surface area contributed by atoms with E-state index in [4.69, 9.17) is 4.74 Å². The quantitative estimate of drug-likeness (QED) is 0.639. The maximum Gasteiger partial charge on any atom is 0.348 e. The molecule has 2 heterocycles. The van der Waals surface area contributed by atoms with Crippen LogP contribution in [0.5, 0.6) is 0 Å². The molecule has 27 heavy (non-hydrogen) atoms. The molecule has 2 fully saturated rings. The molecule has 1 aromatic rings. The molecule has 2 saturated carbocycles. The van der Waals surface area contributed by atoms with Crippen molar-refractivity contribution in [2.75, 3.05) is 27.2 Å². The maximum atomic E-state index is 12.6. The fourth-order valence-electron chi connectivity index (χ4n) is 4.81. The van der Waals surface area contributed by atoms with Crippen LogP contribution in [-0.2, 0) is 10.2 Å². The zero-order chi connectivity index (χ0) is 19.2. The Morgan fingerprint density at radius 2 is 1.96 bits per heavy atom. The number of nitrogens with zero attached hydrogens (tertiary/aromatic N) is 1. The third kappa shape index (κ3) is 3.75. The fourth-order valence-corrected chi connectivity index (χ4v) is 6.12. The number of esters is 1. The summed E-state index contributed by atoms with van der Waals surface area (Å²) in [5.74, 6) is 1.39. The van der Waals surface area contributed by atoms with Gasteiger partial charge in [0.1, 0.15) is 4.88 Å². The van der Waals surface area contributed by atoms with Crippen molar-refractivity contribution in [3.63, 3.8) is 0 Å². The molecule has 0 radical (unpaired) electrons. The van der Waals surface area contributed by atoms with E-state index in [9.17, 15) is 4.79 Å². The normalized spacial score (nSPS) is 28.3. The highest BCUT2D eigenvalue weighted by Gasteiger charge is 2.42. The second-order valence-electron chi connectivity index (χ2n) is 9.35. The minimum atomic E-state index is -0.159. The van der Waals surface area contributed by atoms with Gasteiger partial charge in [-0.2, -0.15) is 0 Å². The fraction of sp³-hybridized carbons (Fsp3) is 0.696. The van der Waals surface area contributed by atoms with Gasteiger partial charge in [-0.1, -0.05) is 26.7 Å². The van der Waals surface area contributed by atoms with Crippen LogP contribution in [0.15, 0.2) is 11.6 Å². The number of carbonyl (C=O) groups is 1. The average molecular weight is 388 g/mol. The molecular weight excluding hydrogens is 354 g/mol. The van der Waals surface area contributed by atoms with Crippen molar-refractivity contribution in [2.45, 2.75) is 64.2 Å². The Morgan fingerprint density at radius 3 is 2.59 bits per heavy atom. The molecule has 0 spiro atoms. The van der Waals surface area contributed by atoms with Crippen molar-refractivity contribution in [1.82, 2.24) is 4.90 Å². The van der Waals surface area contributed by atoms with Crippen LogP contribution in [-0.4, -0.2) is 38.1 Å². The van der Waals surface area contributed by atoms with Gasteiger partial charge in [-0.05, 0) is 68.2 Å². The predicted octanol–water partition coefficient (Wildman–Crippen LogP) is 5.50. The number of thiophene rings is 1. The van der Waals surface area contributed by atoms with E-state index in [1.807, 2.05) is 0 Å². The van der Waals surface area contributed by atoms with E-state index in [1.54, 1.807) is 16.9 Å². The Hall–Kier alpha value is -1.13. The van der Waals surface area contributed by atoms with Crippen LogP contribution in [0.1, 0.15) is 78.9 Å². The molecule has 3 aliphatic rings. The van der Waals surface area contributed by atoms with E-state index in [2.05, 4.69) is 31.9 Å². The first kappa shape index (κ1) is 19.2. The van der Waals surface area contributed by atoms with Crippen molar-refractivity contribution < 1.29 is 9.53 Å². The number of rotatable bonds is 4. The van der Waals surface area contributed by atoms with Crippen LogP contribution in [0.3, 0.4) is 0 Å². The molecule has 0 bridgehead atoms. The number of likely N-dealkylation sites (N-methyl/N-ethyl adjacent to an activating group) is 1.